The van der Waals surface area contributed by atoms with Crippen LogP contribution in [0.25, 0.3) is 10.2 Å². The van der Waals surface area contributed by atoms with Gasteiger partial charge in [0.15, 0.2) is 5.16 Å². The van der Waals surface area contributed by atoms with Crippen LogP contribution in [0.4, 0.5) is 5.82 Å². The van der Waals surface area contributed by atoms with Crippen molar-refractivity contribution in [3.63, 3.8) is 0 Å². The molecule has 0 aromatic carbocycles. The molecule has 0 spiro atoms. The predicted molar refractivity (Wildman–Crippen MR) is 85.8 cm³/mol. The number of carbonyl (C=O) groups is 1. The molecule has 1 aliphatic carbocycles. The van der Waals surface area contributed by atoms with Crippen molar-refractivity contribution in [1.82, 2.24) is 9.97 Å². The number of aryl methyl sites for hydroxylation is 1. The summed E-state index contributed by atoms with van der Waals surface area (Å²) in [5.74, 6) is 1.15. The number of thioether (sulfide) groups is 1. The molecule has 0 unspecified atom stereocenters. The van der Waals surface area contributed by atoms with E-state index in [4.69, 9.17) is 5.73 Å². The van der Waals surface area contributed by atoms with Crippen molar-refractivity contribution < 1.29 is 9.53 Å². The maximum Gasteiger partial charge on any atom is 0.316 e. The second kappa shape index (κ2) is 5.81. The lowest BCUT2D eigenvalue weighted by atomic mass is 9.89. The maximum atomic E-state index is 11.2. The van der Waals surface area contributed by atoms with Gasteiger partial charge in [0.1, 0.15) is 10.6 Å². The molecule has 0 saturated heterocycles. The topological polar surface area (TPSA) is 78.1 Å². The minimum Gasteiger partial charge on any atom is -0.468 e. The van der Waals surface area contributed by atoms with Gasteiger partial charge in [0.05, 0.1) is 18.2 Å². The lowest BCUT2D eigenvalue weighted by Gasteiger charge is -2.17. The third-order valence-corrected chi connectivity index (χ3v) is 5.68. The monoisotopic (exact) mass is 323 g/mol. The van der Waals surface area contributed by atoms with E-state index in [1.54, 1.807) is 11.3 Å². The van der Waals surface area contributed by atoms with Crippen LogP contribution >= 0.6 is 23.1 Å². The molecule has 3 rings (SSSR count). The molecule has 0 saturated carbocycles. The summed E-state index contributed by atoms with van der Waals surface area (Å²) >= 11 is 2.97. The number of hydrogen-bond donors (Lipinski definition) is 1. The first-order chi connectivity index (χ1) is 10.1. The largest absolute Gasteiger partial charge is 0.468 e. The highest BCUT2D eigenvalue weighted by molar-refractivity contribution is 7.99. The van der Waals surface area contributed by atoms with E-state index in [1.165, 1.54) is 35.7 Å². The fourth-order valence-corrected chi connectivity index (χ4v) is 4.73. The Labute approximate surface area is 131 Å². The van der Waals surface area contributed by atoms with Gasteiger partial charge in [-0.15, -0.1) is 11.3 Å². The SMILES string of the molecule is COC(=O)CSc1nc(N)c2c3c(sc2n1)C[C@@H](C)CC3. The number of nitrogens with zero attached hydrogens (tertiary/aromatic N) is 2. The molecule has 21 heavy (non-hydrogen) atoms. The third-order valence-electron chi connectivity index (χ3n) is 3.71. The first-order valence-corrected chi connectivity index (χ1v) is 8.66. The quantitative estimate of drug-likeness (QED) is 0.531. The van der Waals surface area contributed by atoms with Crippen molar-refractivity contribution in [1.29, 1.82) is 0 Å². The van der Waals surface area contributed by atoms with Gasteiger partial charge in [0.2, 0.25) is 0 Å². The third kappa shape index (κ3) is 2.85. The Hall–Kier alpha value is -1.34. The van der Waals surface area contributed by atoms with Crippen molar-refractivity contribution >= 4 is 45.1 Å². The van der Waals surface area contributed by atoms with Gasteiger partial charge in [-0.2, -0.15) is 0 Å². The van der Waals surface area contributed by atoms with Crippen molar-refractivity contribution in [2.75, 3.05) is 18.6 Å². The van der Waals surface area contributed by atoms with Crippen molar-refractivity contribution in [3.05, 3.63) is 10.4 Å². The standard InChI is InChI=1S/C14H17N3O2S2/c1-7-3-4-8-9(5-7)21-13-11(8)12(15)16-14(17-13)20-6-10(18)19-2/h7H,3-6H2,1-2H3,(H2,15,16,17)/t7-/m0/s1. The van der Waals surface area contributed by atoms with Crippen molar-refractivity contribution in [3.8, 4) is 0 Å². The molecule has 0 amide bonds. The number of carbonyl (C=O) groups excluding carboxylic acids is 1. The molecule has 112 valence electrons. The summed E-state index contributed by atoms with van der Waals surface area (Å²) in [6.45, 7) is 2.28. The van der Waals surface area contributed by atoms with Crippen LogP contribution in [0, 0.1) is 5.92 Å². The van der Waals surface area contributed by atoms with Gasteiger partial charge >= 0.3 is 5.97 Å². The van der Waals surface area contributed by atoms with Gasteiger partial charge in [-0.25, -0.2) is 9.97 Å². The van der Waals surface area contributed by atoms with E-state index in [0.29, 0.717) is 16.9 Å². The number of rotatable bonds is 3. The van der Waals surface area contributed by atoms with Gasteiger partial charge in [0, 0.05) is 4.88 Å². The van der Waals surface area contributed by atoms with E-state index in [1.807, 2.05) is 0 Å². The Morgan fingerprint density at radius 2 is 2.33 bits per heavy atom. The molecule has 0 radical (unpaired) electrons. The van der Waals surface area contributed by atoms with Crippen LogP contribution in [0.2, 0.25) is 0 Å². The van der Waals surface area contributed by atoms with E-state index in [2.05, 4.69) is 21.6 Å². The molecule has 2 aromatic rings. The van der Waals surface area contributed by atoms with Crippen LogP contribution in [0.5, 0.6) is 0 Å². The summed E-state index contributed by atoms with van der Waals surface area (Å²) in [6.07, 6.45) is 3.34. The molecule has 1 aliphatic rings. The molecule has 7 heteroatoms. The number of nitrogen functional groups attached to an aromatic ring is 1. The number of anilines is 1. The summed E-state index contributed by atoms with van der Waals surface area (Å²) in [7, 11) is 1.37. The van der Waals surface area contributed by atoms with Crippen LogP contribution in [-0.2, 0) is 22.4 Å². The maximum absolute atomic E-state index is 11.2. The van der Waals surface area contributed by atoms with Gasteiger partial charge < -0.3 is 10.5 Å². The Morgan fingerprint density at radius 3 is 3.10 bits per heavy atom. The van der Waals surface area contributed by atoms with Gasteiger partial charge in [-0.05, 0) is 30.7 Å². The zero-order valence-electron chi connectivity index (χ0n) is 12.0. The molecule has 0 bridgehead atoms. The molecule has 2 aromatic heterocycles. The van der Waals surface area contributed by atoms with E-state index in [-0.39, 0.29) is 11.7 Å². The number of nitrogens with two attached hydrogens (primary N) is 1. The second-order valence-corrected chi connectivity index (χ2v) is 7.31. The summed E-state index contributed by atoms with van der Waals surface area (Å²) in [5.41, 5.74) is 7.45. The van der Waals surface area contributed by atoms with E-state index < -0.39 is 0 Å². The molecule has 0 aliphatic heterocycles. The number of methoxy groups -OCH3 is 1. The summed E-state index contributed by atoms with van der Waals surface area (Å²) in [4.78, 5) is 22.4. The zero-order chi connectivity index (χ0) is 15.0. The number of aromatic nitrogens is 2. The summed E-state index contributed by atoms with van der Waals surface area (Å²) in [6, 6.07) is 0. The average molecular weight is 323 g/mol. The van der Waals surface area contributed by atoms with E-state index in [0.717, 1.165) is 23.1 Å². The normalized spacial score (nSPS) is 17.7. The Kier molecular flexibility index (Phi) is 4.03. The number of hydrogen-bond acceptors (Lipinski definition) is 7. The summed E-state index contributed by atoms with van der Waals surface area (Å²) in [5, 5.41) is 1.56. The second-order valence-electron chi connectivity index (χ2n) is 5.29. The lowest BCUT2D eigenvalue weighted by molar-refractivity contribution is -0.137. The number of esters is 1. The minimum absolute atomic E-state index is 0.198. The fourth-order valence-electron chi connectivity index (χ4n) is 2.60. The molecule has 2 heterocycles. The van der Waals surface area contributed by atoms with Gasteiger partial charge in [-0.1, -0.05) is 18.7 Å². The highest BCUT2D eigenvalue weighted by Crippen LogP contribution is 2.39. The van der Waals surface area contributed by atoms with Crippen LogP contribution in [-0.4, -0.2) is 28.8 Å². The van der Waals surface area contributed by atoms with Gasteiger partial charge in [0.25, 0.3) is 0 Å². The number of ether oxygens (including phenoxy) is 1. The molecular formula is C14H17N3O2S2. The van der Waals surface area contributed by atoms with Crippen LogP contribution in [0.15, 0.2) is 5.16 Å². The zero-order valence-corrected chi connectivity index (χ0v) is 13.6. The number of thiophene rings is 1. The summed E-state index contributed by atoms with van der Waals surface area (Å²) < 4.78 is 4.62. The molecule has 0 fully saturated rings. The predicted octanol–water partition coefficient (Wildman–Crippen LogP) is 2.66. The molecule has 5 nitrogen and oxygen atoms in total. The molecular weight excluding hydrogens is 306 g/mol. The van der Waals surface area contributed by atoms with E-state index >= 15 is 0 Å². The van der Waals surface area contributed by atoms with Crippen LogP contribution in [0.1, 0.15) is 23.8 Å². The minimum atomic E-state index is -0.290. The van der Waals surface area contributed by atoms with Gasteiger partial charge in [-0.3, -0.25) is 4.79 Å². The first-order valence-electron chi connectivity index (χ1n) is 6.86. The molecule has 2 N–H and O–H groups in total. The van der Waals surface area contributed by atoms with Crippen LogP contribution < -0.4 is 5.73 Å². The fraction of sp³-hybridized carbons (Fsp3) is 0.500. The van der Waals surface area contributed by atoms with Crippen molar-refractivity contribution in [2.45, 2.75) is 31.3 Å². The highest BCUT2D eigenvalue weighted by atomic mass is 32.2. The Morgan fingerprint density at radius 1 is 1.52 bits per heavy atom. The highest BCUT2D eigenvalue weighted by Gasteiger charge is 2.23. The van der Waals surface area contributed by atoms with E-state index in [9.17, 15) is 4.79 Å². The lowest BCUT2D eigenvalue weighted by Crippen LogP contribution is -2.09. The first kappa shape index (κ1) is 14.6. The molecule has 1 atom stereocenters. The van der Waals surface area contributed by atoms with Crippen LogP contribution in [0.3, 0.4) is 0 Å². The Balaban J connectivity index is 1.95. The smallest absolute Gasteiger partial charge is 0.316 e. The van der Waals surface area contributed by atoms with Crippen molar-refractivity contribution in [2.24, 2.45) is 5.92 Å². The number of fused-ring (bicyclic) bond motifs is 3. The average Bonchev–Trinajstić information content (AvgIpc) is 2.82. The Bertz CT molecular complexity index is 699.